The van der Waals surface area contributed by atoms with E-state index in [4.69, 9.17) is 16.3 Å². The maximum absolute atomic E-state index is 13.4. The number of benzene rings is 2. The number of fused-ring (bicyclic) bond motifs is 1. The summed E-state index contributed by atoms with van der Waals surface area (Å²) in [4.78, 5) is 26.7. The largest absolute Gasteiger partial charge is 0.489 e. The molecule has 0 saturated heterocycles. The van der Waals surface area contributed by atoms with Gasteiger partial charge in [-0.1, -0.05) is 48.0 Å². The maximum Gasteiger partial charge on any atom is 0.228 e. The lowest BCUT2D eigenvalue weighted by molar-refractivity contribution is 0.0852. The highest BCUT2D eigenvalue weighted by Crippen LogP contribution is 2.42. The van der Waals surface area contributed by atoms with E-state index in [1.54, 1.807) is 18.2 Å². The molecule has 0 aromatic heterocycles. The van der Waals surface area contributed by atoms with Gasteiger partial charge < -0.3 is 4.74 Å². The lowest BCUT2D eigenvalue weighted by Gasteiger charge is -2.32. The second-order valence-electron chi connectivity index (χ2n) is 8.39. The highest BCUT2D eigenvalue weighted by atomic mass is 35.5. The Balaban J connectivity index is 1.57. The Morgan fingerprint density at radius 3 is 2.10 bits per heavy atom. The van der Waals surface area contributed by atoms with E-state index in [2.05, 4.69) is 21.4 Å². The van der Waals surface area contributed by atoms with Crippen LogP contribution < -0.4 is 0 Å². The normalized spacial score (nSPS) is 21.2. The third-order valence-electron chi connectivity index (χ3n) is 6.43. The number of rotatable bonds is 7. The van der Waals surface area contributed by atoms with Gasteiger partial charge in [-0.25, -0.2) is 0 Å². The summed E-state index contributed by atoms with van der Waals surface area (Å²) in [5, 5.41) is 0.746. The Hall–Kier alpha value is -1.96. The number of hydrogen-bond acceptors (Lipinski definition) is 3. The number of carbonyl (C=O) groups excluding carboxylic acids is 2. The second kappa shape index (κ2) is 10.1. The quantitative estimate of drug-likeness (QED) is 0.349. The fraction of sp³-hybridized carbons (Fsp3) is 0.385. The molecule has 31 heavy (non-hydrogen) atoms. The summed E-state index contributed by atoms with van der Waals surface area (Å²) in [7, 11) is 2.71. The van der Waals surface area contributed by atoms with Gasteiger partial charge in [-0.05, 0) is 74.2 Å². The van der Waals surface area contributed by atoms with Gasteiger partial charge in [-0.15, -0.1) is 9.24 Å². The minimum atomic E-state index is -0.143. The number of ether oxygens (including phenoxy) is 1. The predicted molar refractivity (Wildman–Crippen MR) is 128 cm³/mol. The smallest absolute Gasteiger partial charge is 0.228 e. The van der Waals surface area contributed by atoms with Gasteiger partial charge >= 0.3 is 0 Å². The van der Waals surface area contributed by atoms with E-state index in [1.165, 1.54) is 5.56 Å². The van der Waals surface area contributed by atoms with Crippen molar-refractivity contribution in [3.8, 4) is 0 Å². The Morgan fingerprint density at radius 2 is 1.45 bits per heavy atom. The molecular weight excluding hydrogens is 427 g/mol. The number of ketones is 2. The molecule has 2 aliphatic carbocycles. The molecule has 2 aromatic rings. The van der Waals surface area contributed by atoms with E-state index in [-0.39, 0.29) is 17.5 Å². The number of unbranched alkanes of at least 4 members (excludes halogenated alkanes) is 1. The van der Waals surface area contributed by atoms with Crippen LogP contribution in [0, 0.1) is 5.92 Å². The van der Waals surface area contributed by atoms with Crippen LogP contribution in [0.25, 0.3) is 0 Å². The third kappa shape index (κ3) is 4.78. The first-order valence-corrected chi connectivity index (χ1v) is 12.3. The molecular formula is C26H28ClO3P. The third-order valence-corrected chi connectivity index (χ3v) is 7.09. The van der Waals surface area contributed by atoms with Crippen molar-refractivity contribution in [2.45, 2.75) is 44.4 Å². The molecule has 5 heteroatoms. The zero-order chi connectivity index (χ0) is 21.8. The molecule has 4 rings (SSSR count). The van der Waals surface area contributed by atoms with Crippen molar-refractivity contribution >= 4 is 32.4 Å². The van der Waals surface area contributed by atoms with Crippen LogP contribution >= 0.6 is 20.8 Å². The Morgan fingerprint density at radius 1 is 0.839 bits per heavy atom. The number of carbonyl (C=O) groups is 2. The first kappa shape index (κ1) is 22.2. The van der Waals surface area contributed by atoms with E-state index in [0.29, 0.717) is 35.0 Å². The summed E-state index contributed by atoms with van der Waals surface area (Å²) in [6.07, 6.45) is 6.60. The predicted octanol–water partition coefficient (Wildman–Crippen LogP) is 6.62. The van der Waals surface area contributed by atoms with Gasteiger partial charge in [0, 0.05) is 21.7 Å². The molecule has 2 aliphatic rings. The van der Waals surface area contributed by atoms with Gasteiger partial charge in [0.05, 0.1) is 6.61 Å². The van der Waals surface area contributed by atoms with Crippen LogP contribution in [-0.2, 0) is 4.74 Å². The van der Waals surface area contributed by atoms with Crippen LogP contribution in [0.15, 0.2) is 59.9 Å². The van der Waals surface area contributed by atoms with Gasteiger partial charge in [0.25, 0.3) is 0 Å². The van der Waals surface area contributed by atoms with Crippen molar-refractivity contribution in [1.82, 2.24) is 0 Å². The standard InChI is InChI=1S/C26H28ClO3P/c27-20-13-11-18(12-14-20)17-7-9-19(10-8-17)23-24(28)21-5-1-2-6-22(21)25(29)26(23)30-15-3-4-16-31/h1-2,5-6,11-14,17,19H,3-4,7-10,15-16,31H2. The molecule has 0 spiro atoms. The highest BCUT2D eigenvalue weighted by Gasteiger charge is 2.38. The fourth-order valence-electron chi connectivity index (χ4n) is 4.76. The van der Waals surface area contributed by atoms with E-state index in [0.717, 1.165) is 49.7 Å². The number of Topliss-reactive ketones (excluding diaryl/α,β-unsaturated/α-hetero) is 2. The zero-order valence-corrected chi connectivity index (χ0v) is 19.5. The van der Waals surface area contributed by atoms with Crippen LogP contribution in [-0.4, -0.2) is 24.3 Å². The molecule has 0 N–H and O–H groups in total. The summed E-state index contributed by atoms with van der Waals surface area (Å²) >= 11 is 6.03. The summed E-state index contributed by atoms with van der Waals surface area (Å²) < 4.78 is 6.00. The lowest BCUT2D eigenvalue weighted by Crippen LogP contribution is -2.29. The summed E-state index contributed by atoms with van der Waals surface area (Å²) in [5.74, 6) is 0.636. The van der Waals surface area contributed by atoms with Crippen LogP contribution in [0.5, 0.6) is 0 Å². The summed E-state index contributed by atoms with van der Waals surface area (Å²) in [6, 6.07) is 15.2. The SMILES string of the molecule is O=C1C(OCCCCP)=C(C2CCC(c3ccc(Cl)cc3)CC2)C(=O)c2ccccc21. The molecule has 0 amide bonds. The zero-order valence-electron chi connectivity index (χ0n) is 17.6. The van der Waals surface area contributed by atoms with Crippen molar-refractivity contribution in [2.75, 3.05) is 12.8 Å². The molecule has 0 bridgehead atoms. The highest BCUT2D eigenvalue weighted by molar-refractivity contribution is 7.16. The Kier molecular flexibility index (Phi) is 7.25. The lowest BCUT2D eigenvalue weighted by atomic mass is 9.72. The minimum Gasteiger partial charge on any atom is -0.489 e. The van der Waals surface area contributed by atoms with Crippen molar-refractivity contribution in [3.63, 3.8) is 0 Å². The minimum absolute atomic E-state index is 0.0359. The van der Waals surface area contributed by atoms with Crippen LogP contribution in [0.1, 0.15) is 70.7 Å². The first-order chi connectivity index (χ1) is 15.1. The van der Waals surface area contributed by atoms with Gasteiger partial charge in [0.15, 0.2) is 11.5 Å². The van der Waals surface area contributed by atoms with E-state index >= 15 is 0 Å². The molecule has 1 unspecified atom stereocenters. The van der Waals surface area contributed by atoms with Gasteiger partial charge in [-0.3, -0.25) is 9.59 Å². The number of halogens is 1. The van der Waals surface area contributed by atoms with Crippen molar-refractivity contribution in [1.29, 1.82) is 0 Å². The number of allylic oxidation sites excluding steroid dienone is 2. The summed E-state index contributed by atoms with van der Waals surface area (Å²) in [5.41, 5.74) is 2.87. The molecule has 1 fully saturated rings. The molecule has 1 saturated carbocycles. The van der Waals surface area contributed by atoms with Crippen molar-refractivity contribution in [3.05, 3.63) is 81.6 Å². The topological polar surface area (TPSA) is 43.4 Å². The van der Waals surface area contributed by atoms with Gasteiger partial charge in [-0.2, -0.15) is 0 Å². The average molecular weight is 455 g/mol. The molecule has 3 nitrogen and oxygen atoms in total. The Bertz CT molecular complexity index is 988. The molecule has 1 atom stereocenters. The van der Waals surface area contributed by atoms with Crippen LogP contribution in [0.2, 0.25) is 5.02 Å². The molecule has 162 valence electrons. The Labute approximate surface area is 191 Å². The molecule has 0 radical (unpaired) electrons. The average Bonchev–Trinajstić information content (AvgIpc) is 2.80. The number of hydrogen-bond donors (Lipinski definition) is 0. The first-order valence-electron chi connectivity index (χ1n) is 11.1. The van der Waals surface area contributed by atoms with Crippen molar-refractivity contribution in [2.24, 2.45) is 5.92 Å². The summed E-state index contributed by atoms with van der Waals surface area (Å²) in [6.45, 7) is 0.467. The van der Waals surface area contributed by atoms with Crippen molar-refractivity contribution < 1.29 is 14.3 Å². The van der Waals surface area contributed by atoms with E-state index < -0.39 is 0 Å². The van der Waals surface area contributed by atoms with E-state index in [1.807, 2.05) is 18.2 Å². The molecule has 2 aromatic carbocycles. The fourth-order valence-corrected chi connectivity index (χ4v) is 5.17. The van der Waals surface area contributed by atoms with Gasteiger partial charge in [0.2, 0.25) is 5.78 Å². The monoisotopic (exact) mass is 454 g/mol. The van der Waals surface area contributed by atoms with Gasteiger partial charge in [0.1, 0.15) is 0 Å². The maximum atomic E-state index is 13.4. The molecule has 0 heterocycles. The molecule has 0 aliphatic heterocycles. The van der Waals surface area contributed by atoms with E-state index in [9.17, 15) is 9.59 Å². The van der Waals surface area contributed by atoms with Crippen LogP contribution in [0.3, 0.4) is 0 Å². The van der Waals surface area contributed by atoms with Crippen LogP contribution in [0.4, 0.5) is 0 Å². The second-order valence-corrected chi connectivity index (χ2v) is 9.40.